The van der Waals surface area contributed by atoms with E-state index in [0.717, 1.165) is 6.42 Å². The van der Waals surface area contributed by atoms with E-state index in [-0.39, 0.29) is 24.0 Å². The second kappa shape index (κ2) is 6.71. The molecule has 2 aliphatic rings. The first kappa shape index (κ1) is 17.2. The van der Waals surface area contributed by atoms with Gasteiger partial charge in [0.05, 0.1) is 5.75 Å². The second-order valence-electron chi connectivity index (χ2n) is 7.34. The van der Waals surface area contributed by atoms with E-state index in [1.54, 1.807) is 6.08 Å². The molecule has 24 heavy (non-hydrogen) atoms. The number of benzene rings is 1. The number of carbonyl (C=O) groups excluding carboxylic acids is 1. The van der Waals surface area contributed by atoms with Gasteiger partial charge in [0.1, 0.15) is 0 Å². The number of rotatable bonds is 5. The lowest BCUT2D eigenvalue weighted by Crippen LogP contribution is -2.29. The van der Waals surface area contributed by atoms with Crippen LogP contribution in [-0.2, 0) is 14.6 Å². The lowest BCUT2D eigenvalue weighted by molar-refractivity contribution is -0.121. The van der Waals surface area contributed by atoms with Gasteiger partial charge in [-0.15, -0.1) is 0 Å². The minimum absolute atomic E-state index is 0.0576. The molecule has 1 aliphatic carbocycles. The highest BCUT2D eigenvalue weighted by Crippen LogP contribution is 2.44. The SMILES string of the molecule is CC(C)[C@@H]1C[C@H](CNC(=O)CC2C=CS(=O)(=O)C2)c2ccccc21. The first-order chi connectivity index (χ1) is 11.4. The predicted molar refractivity (Wildman–Crippen MR) is 95.4 cm³/mol. The molecule has 1 amide bonds. The summed E-state index contributed by atoms with van der Waals surface area (Å²) in [6.07, 6.45) is 2.95. The summed E-state index contributed by atoms with van der Waals surface area (Å²) >= 11 is 0. The van der Waals surface area contributed by atoms with Crippen molar-refractivity contribution in [2.75, 3.05) is 12.3 Å². The van der Waals surface area contributed by atoms with Gasteiger partial charge in [0.25, 0.3) is 0 Å². The molecule has 4 nitrogen and oxygen atoms in total. The number of nitrogens with one attached hydrogen (secondary N) is 1. The maximum Gasteiger partial charge on any atom is 0.220 e. The van der Waals surface area contributed by atoms with Gasteiger partial charge in [-0.05, 0) is 29.4 Å². The Morgan fingerprint density at radius 1 is 1.25 bits per heavy atom. The van der Waals surface area contributed by atoms with Crippen LogP contribution in [0.2, 0.25) is 0 Å². The third kappa shape index (κ3) is 3.72. The Kier molecular flexibility index (Phi) is 4.81. The maximum atomic E-state index is 12.2. The predicted octanol–water partition coefficient (Wildman–Crippen LogP) is 2.98. The molecule has 3 atom stereocenters. The summed E-state index contributed by atoms with van der Waals surface area (Å²) in [6.45, 7) is 5.12. The summed E-state index contributed by atoms with van der Waals surface area (Å²) in [4.78, 5) is 12.2. The molecule has 1 aromatic rings. The van der Waals surface area contributed by atoms with Crippen LogP contribution in [0.5, 0.6) is 0 Å². The Bertz CT molecular complexity index is 752. The van der Waals surface area contributed by atoms with Crippen molar-refractivity contribution in [1.82, 2.24) is 5.32 Å². The van der Waals surface area contributed by atoms with Crippen molar-refractivity contribution in [2.24, 2.45) is 11.8 Å². The summed E-state index contributed by atoms with van der Waals surface area (Å²) in [7, 11) is -3.09. The van der Waals surface area contributed by atoms with Gasteiger partial charge in [-0.3, -0.25) is 4.79 Å². The molecule has 0 saturated carbocycles. The van der Waals surface area contributed by atoms with Crippen molar-refractivity contribution in [3.63, 3.8) is 0 Å². The molecular weight excluding hydrogens is 322 g/mol. The fraction of sp³-hybridized carbons (Fsp3) is 0.526. The van der Waals surface area contributed by atoms with Crippen LogP contribution in [0.1, 0.15) is 49.7 Å². The van der Waals surface area contributed by atoms with Crippen molar-refractivity contribution in [1.29, 1.82) is 0 Å². The Balaban J connectivity index is 1.57. The average Bonchev–Trinajstić information content (AvgIpc) is 3.05. The van der Waals surface area contributed by atoms with Gasteiger partial charge in [0.2, 0.25) is 5.91 Å². The van der Waals surface area contributed by atoms with Gasteiger partial charge >= 0.3 is 0 Å². The van der Waals surface area contributed by atoms with Crippen molar-refractivity contribution in [3.05, 3.63) is 46.9 Å². The molecule has 0 spiro atoms. The van der Waals surface area contributed by atoms with E-state index in [1.807, 2.05) is 0 Å². The Hall–Kier alpha value is -1.62. The quantitative estimate of drug-likeness (QED) is 0.891. The maximum absolute atomic E-state index is 12.2. The van der Waals surface area contributed by atoms with Crippen molar-refractivity contribution >= 4 is 15.7 Å². The monoisotopic (exact) mass is 347 g/mol. The number of hydrogen-bond acceptors (Lipinski definition) is 3. The highest BCUT2D eigenvalue weighted by molar-refractivity contribution is 7.94. The van der Waals surface area contributed by atoms with E-state index in [1.165, 1.54) is 16.5 Å². The number of carbonyl (C=O) groups is 1. The second-order valence-corrected chi connectivity index (χ2v) is 9.27. The highest BCUT2D eigenvalue weighted by atomic mass is 32.2. The fourth-order valence-corrected chi connectivity index (χ4v) is 5.32. The van der Waals surface area contributed by atoms with Crippen LogP contribution in [0, 0.1) is 11.8 Å². The van der Waals surface area contributed by atoms with Gasteiger partial charge in [0.15, 0.2) is 9.84 Å². The van der Waals surface area contributed by atoms with Crippen molar-refractivity contribution in [3.8, 4) is 0 Å². The molecule has 130 valence electrons. The van der Waals surface area contributed by atoms with E-state index in [0.29, 0.717) is 24.3 Å². The zero-order valence-corrected chi connectivity index (χ0v) is 15.1. The van der Waals surface area contributed by atoms with Crippen LogP contribution >= 0.6 is 0 Å². The van der Waals surface area contributed by atoms with E-state index in [9.17, 15) is 13.2 Å². The molecule has 1 N–H and O–H groups in total. The molecule has 1 aromatic carbocycles. The number of allylic oxidation sites excluding steroid dienone is 1. The zero-order chi connectivity index (χ0) is 17.3. The number of sulfone groups is 1. The molecule has 0 aromatic heterocycles. The average molecular weight is 347 g/mol. The van der Waals surface area contributed by atoms with Gasteiger partial charge in [0, 0.05) is 30.2 Å². The lowest BCUT2D eigenvalue weighted by atomic mass is 9.90. The fourth-order valence-electron chi connectivity index (χ4n) is 3.92. The van der Waals surface area contributed by atoms with Gasteiger partial charge < -0.3 is 5.32 Å². The molecule has 0 radical (unpaired) electrons. The van der Waals surface area contributed by atoms with Crippen molar-refractivity contribution < 1.29 is 13.2 Å². The number of hydrogen-bond donors (Lipinski definition) is 1. The Morgan fingerprint density at radius 2 is 1.96 bits per heavy atom. The normalized spacial score (nSPS) is 27.4. The molecule has 1 aliphatic heterocycles. The van der Waals surface area contributed by atoms with Gasteiger partial charge in [-0.1, -0.05) is 44.2 Å². The zero-order valence-electron chi connectivity index (χ0n) is 14.2. The standard InChI is InChI=1S/C19H25NO3S/c1-13(2)18-10-15(16-5-3-4-6-17(16)18)11-20-19(21)9-14-7-8-24(22,23)12-14/h3-8,13-15,18H,9-12H2,1-2H3,(H,20,21)/t14?,15-,18+/m1/s1. The molecule has 0 bridgehead atoms. The third-order valence-corrected chi connectivity index (χ3v) is 6.64. The van der Waals surface area contributed by atoms with Crippen LogP contribution in [-0.4, -0.2) is 26.6 Å². The largest absolute Gasteiger partial charge is 0.355 e. The lowest BCUT2D eigenvalue weighted by Gasteiger charge is -2.16. The summed E-state index contributed by atoms with van der Waals surface area (Å²) in [5, 5.41) is 4.24. The molecule has 1 heterocycles. The van der Waals surface area contributed by atoms with Gasteiger partial charge in [-0.25, -0.2) is 8.42 Å². The number of amides is 1. The van der Waals surface area contributed by atoms with Gasteiger partial charge in [-0.2, -0.15) is 0 Å². The van der Waals surface area contributed by atoms with Crippen LogP contribution in [0.3, 0.4) is 0 Å². The Morgan fingerprint density at radius 3 is 2.58 bits per heavy atom. The summed E-state index contributed by atoms with van der Waals surface area (Å²) in [5.41, 5.74) is 2.76. The minimum Gasteiger partial charge on any atom is -0.355 e. The molecule has 5 heteroatoms. The molecule has 3 rings (SSSR count). The summed E-state index contributed by atoms with van der Waals surface area (Å²) in [6, 6.07) is 8.52. The van der Waals surface area contributed by atoms with E-state index < -0.39 is 9.84 Å². The number of fused-ring (bicyclic) bond motifs is 1. The van der Waals surface area contributed by atoms with Crippen LogP contribution < -0.4 is 5.32 Å². The first-order valence-electron chi connectivity index (χ1n) is 8.62. The first-order valence-corrected chi connectivity index (χ1v) is 10.3. The molecule has 0 fully saturated rings. The summed E-state index contributed by atoms with van der Waals surface area (Å²) < 4.78 is 22.8. The molecule has 1 unspecified atom stereocenters. The third-order valence-electron chi connectivity index (χ3n) is 5.18. The van der Waals surface area contributed by atoms with E-state index in [4.69, 9.17) is 0 Å². The van der Waals surface area contributed by atoms with E-state index in [2.05, 4.69) is 43.4 Å². The topological polar surface area (TPSA) is 63.2 Å². The highest BCUT2D eigenvalue weighted by Gasteiger charge is 2.32. The van der Waals surface area contributed by atoms with Crippen LogP contribution in [0.15, 0.2) is 35.7 Å². The van der Waals surface area contributed by atoms with E-state index >= 15 is 0 Å². The minimum atomic E-state index is -3.09. The van der Waals surface area contributed by atoms with Crippen LogP contribution in [0.25, 0.3) is 0 Å². The molecule has 0 saturated heterocycles. The van der Waals surface area contributed by atoms with Crippen LogP contribution in [0.4, 0.5) is 0 Å². The summed E-state index contributed by atoms with van der Waals surface area (Å²) in [5.74, 6) is 1.29. The van der Waals surface area contributed by atoms with Crippen molar-refractivity contribution in [2.45, 2.75) is 38.5 Å². The molecular formula is C19H25NO3S. The smallest absolute Gasteiger partial charge is 0.220 e. The Labute approximate surface area is 144 Å².